The Hall–Kier alpha value is -3.56. The summed E-state index contributed by atoms with van der Waals surface area (Å²) >= 11 is 0. The number of alkyl halides is 3. The molecule has 5 N–H and O–H groups in total. The van der Waals surface area contributed by atoms with Gasteiger partial charge < -0.3 is 21.7 Å². The lowest BCUT2D eigenvalue weighted by Gasteiger charge is -2.33. The number of benzene rings is 2. The van der Waals surface area contributed by atoms with E-state index in [1.165, 1.54) is 6.07 Å². The highest BCUT2D eigenvalue weighted by Crippen LogP contribution is 2.40. The van der Waals surface area contributed by atoms with Gasteiger partial charge in [-0.3, -0.25) is 9.59 Å². The summed E-state index contributed by atoms with van der Waals surface area (Å²) in [5, 5.41) is 2.98. The minimum Gasteiger partial charge on any atom is -0.388 e. The van der Waals surface area contributed by atoms with Crippen LogP contribution in [0.2, 0.25) is 0 Å². The van der Waals surface area contributed by atoms with Crippen molar-refractivity contribution in [3.8, 4) is 0 Å². The van der Waals surface area contributed by atoms with E-state index in [0.717, 1.165) is 11.8 Å². The standard InChI is InChI=1S/C23H26F3N5O2/c1-13-11-18(19(23(24,25)26)12-17(13)20(32)30-22(27)28)14-7-9-31(10-8-14)21(33)15-3-5-16(29-2)6-4-15/h3-6,11-12,14,29H,7-10H2,1-2H3,(H4,27,28,30,32). The van der Waals surface area contributed by atoms with Crippen LogP contribution >= 0.6 is 0 Å². The maximum atomic E-state index is 13.9. The predicted molar refractivity (Wildman–Crippen MR) is 120 cm³/mol. The summed E-state index contributed by atoms with van der Waals surface area (Å²) < 4.78 is 41.6. The van der Waals surface area contributed by atoms with Crippen LogP contribution in [0.4, 0.5) is 18.9 Å². The molecular weight excluding hydrogens is 435 g/mol. The Kier molecular flexibility index (Phi) is 6.95. The third kappa shape index (κ3) is 5.44. The molecule has 0 aromatic heterocycles. The molecule has 0 radical (unpaired) electrons. The lowest BCUT2D eigenvalue weighted by Crippen LogP contribution is -2.38. The van der Waals surface area contributed by atoms with E-state index in [2.05, 4.69) is 10.3 Å². The number of aryl methyl sites for hydroxylation is 1. The molecule has 1 heterocycles. The van der Waals surface area contributed by atoms with Gasteiger partial charge in [0.1, 0.15) is 0 Å². The number of nitrogens with zero attached hydrogens (tertiary/aromatic N) is 2. The minimum absolute atomic E-state index is 0.117. The van der Waals surface area contributed by atoms with Gasteiger partial charge in [0.25, 0.3) is 11.8 Å². The minimum atomic E-state index is -4.65. The lowest BCUT2D eigenvalue weighted by molar-refractivity contribution is -0.138. The van der Waals surface area contributed by atoms with Gasteiger partial charge >= 0.3 is 6.18 Å². The Labute approximate surface area is 189 Å². The molecular formula is C23H26F3N5O2. The largest absolute Gasteiger partial charge is 0.416 e. The van der Waals surface area contributed by atoms with Crippen molar-refractivity contribution >= 4 is 23.5 Å². The van der Waals surface area contributed by atoms with E-state index in [1.807, 2.05) is 0 Å². The van der Waals surface area contributed by atoms with Crippen molar-refractivity contribution in [2.45, 2.75) is 31.9 Å². The molecule has 2 aromatic rings. The molecule has 1 aliphatic rings. The molecule has 0 saturated carbocycles. The van der Waals surface area contributed by atoms with Gasteiger partial charge in [-0.25, -0.2) is 0 Å². The second-order valence-electron chi connectivity index (χ2n) is 7.99. The van der Waals surface area contributed by atoms with Crippen LogP contribution in [-0.4, -0.2) is 42.8 Å². The van der Waals surface area contributed by atoms with Crippen LogP contribution in [0.25, 0.3) is 0 Å². The summed E-state index contributed by atoms with van der Waals surface area (Å²) in [6, 6.07) is 9.24. The topological polar surface area (TPSA) is 114 Å². The fourth-order valence-corrected chi connectivity index (χ4v) is 4.08. The van der Waals surface area contributed by atoms with Gasteiger partial charge in [-0.1, -0.05) is 6.07 Å². The van der Waals surface area contributed by atoms with Crippen molar-refractivity contribution in [1.82, 2.24) is 4.90 Å². The van der Waals surface area contributed by atoms with Crippen LogP contribution < -0.4 is 16.8 Å². The summed E-state index contributed by atoms with van der Waals surface area (Å²) in [6.07, 6.45) is -3.90. The monoisotopic (exact) mass is 461 g/mol. The zero-order valence-electron chi connectivity index (χ0n) is 18.4. The van der Waals surface area contributed by atoms with Crippen molar-refractivity contribution in [1.29, 1.82) is 0 Å². The molecule has 1 aliphatic heterocycles. The van der Waals surface area contributed by atoms with Crippen LogP contribution in [0.15, 0.2) is 41.4 Å². The summed E-state index contributed by atoms with van der Waals surface area (Å²) in [6.45, 7) is 2.22. The number of carbonyl (C=O) groups excluding carboxylic acids is 2. The number of halogens is 3. The molecule has 0 spiro atoms. The molecule has 33 heavy (non-hydrogen) atoms. The van der Waals surface area contributed by atoms with Crippen molar-refractivity contribution in [2.24, 2.45) is 16.5 Å². The zero-order valence-corrected chi connectivity index (χ0v) is 18.4. The third-order valence-electron chi connectivity index (χ3n) is 5.81. The van der Waals surface area contributed by atoms with Gasteiger partial charge in [0, 0.05) is 37.0 Å². The quantitative estimate of drug-likeness (QED) is 0.477. The molecule has 3 rings (SSSR count). The van der Waals surface area contributed by atoms with Crippen molar-refractivity contribution in [3.05, 3.63) is 64.2 Å². The van der Waals surface area contributed by atoms with E-state index in [0.29, 0.717) is 37.1 Å². The average Bonchev–Trinajstić information content (AvgIpc) is 2.77. The molecule has 2 aromatic carbocycles. The highest BCUT2D eigenvalue weighted by atomic mass is 19.4. The van der Waals surface area contributed by atoms with Crippen LogP contribution in [0.5, 0.6) is 0 Å². The number of nitrogens with one attached hydrogen (secondary N) is 1. The normalized spacial score (nSPS) is 14.6. The van der Waals surface area contributed by atoms with Crippen molar-refractivity contribution in [2.75, 3.05) is 25.5 Å². The summed E-state index contributed by atoms with van der Waals surface area (Å²) in [5.74, 6) is -1.99. The molecule has 0 atom stereocenters. The smallest absolute Gasteiger partial charge is 0.388 e. The third-order valence-corrected chi connectivity index (χ3v) is 5.81. The number of hydrogen-bond donors (Lipinski definition) is 3. The van der Waals surface area contributed by atoms with Gasteiger partial charge in [-0.05, 0) is 67.1 Å². The molecule has 7 nitrogen and oxygen atoms in total. The second-order valence-corrected chi connectivity index (χ2v) is 7.99. The SMILES string of the molecule is CNc1ccc(C(=O)N2CCC(c3cc(C)c(C(=O)N=C(N)N)cc3C(F)(F)F)CC2)cc1. The van der Waals surface area contributed by atoms with E-state index in [-0.39, 0.29) is 17.0 Å². The highest BCUT2D eigenvalue weighted by Gasteiger charge is 2.37. The molecule has 2 amide bonds. The Morgan fingerprint density at radius 3 is 2.21 bits per heavy atom. The van der Waals surface area contributed by atoms with E-state index >= 15 is 0 Å². The maximum absolute atomic E-state index is 13.9. The van der Waals surface area contributed by atoms with Gasteiger partial charge in [0.2, 0.25) is 0 Å². The molecule has 0 aliphatic carbocycles. The Balaban J connectivity index is 1.82. The van der Waals surface area contributed by atoms with Gasteiger partial charge in [-0.15, -0.1) is 0 Å². The van der Waals surface area contributed by atoms with E-state index < -0.39 is 29.5 Å². The van der Waals surface area contributed by atoms with E-state index in [4.69, 9.17) is 11.5 Å². The molecule has 0 bridgehead atoms. The van der Waals surface area contributed by atoms with Gasteiger partial charge in [-0.2, -0.15) is 18.2 Å². The van der Waals surface area contributed by atoms with Crippen LogP contribution in [0, 0.1) is 6.92 Å². The molecule has 1 saturated heterocycles. The number of amides is 2. The number of aliphatic imine (C=N–C) groups is 1. The number of anilines is 1. The number of likely N-dealkylation sites (tertiary alicyclic amines) is 1. The first-order chi connectivity index (χ1) is 15.5. The summed E-state index contributed by atoms with van der Waals surface area (Å²) in [4.78, 5) is 30.0. The van der Waals surface area contributed by atoms with Gasteiger partial charge in [0.05, 0.1) is 5.56 Å². The zero-order chi connectivity index (χ0) is 24.3. The Bertz CT molecular complexity index is 1070. The number of hydrogen-bond acceptors (Lipinski definition) is 3. The number of carbonyl (C=O) groups is 2. The fraction of sp³-hybridized carbons (Fsp3) is 0.348. The van der Waals surface area contributed by atoms with E-state index in [9.17, 15) is 22.8 Å². The number of piperidine rings is 1. The number of guanidine groups is 1. The first-order valence-electron chi connectivity index (χ1n) is 10.4. The molecule has 176 valence electrons. The van der Waals surface area contributed by atoms with Gasteiger partial charge in [0.15, 0.2) is 5.96 Å². The first kappa shape index (κ1) is 24.1. The van der Waals surface area contributed by atoms with E-state index in [1.54, 1.807) is 43.1 Å². The number of nitrogens with two attached hydrogens (primary N) is 2. The predicted octanol–water partition coefficient (Wildman–Crippen LogP) is 3.49. The van der Waals surface area contributed by atoms with Crippen LogP contribution in [0.1, 0.15) is 56.2 Å². The molecule has 1 fully saturated rings. The average molecular weight is 461 g/mol. The second kappa shape index (κ2) is 9.51. The Morgan fingerprint density at radius 1 is 1.09 bits per heavy atom. The van der Waals surface area contributed by atoms with Crippen molar-refractivity contribution < 1.29 is 22.8 Å². The maximum Gasteiger partial charge on any atom is 0.416 e. The highest BCUT2D eigenvalue weighted by molar-refractivity contribution is 6.03. The Morgan fingerprint density at radius 2 is 1.70 bits per heavy atom. The lowest BCUT2D eigenvalue weighted by atomic mass is 9.84. The summed E-state index contributed by atoms with van der Waals surface area (Å²) in [7, 11) is 1.78. The van der Waals surface area contributed by atoms with Crippen LogP contribution in [0.3, 0.4) is 0 Å². The summed E-state index contributed by atoms with van der Waals surface area (Å²) in [5.41, 5.74) is 11.2. The van der Waals surface area contributed by atoms with Crippen molar-refractivity contribution in [3.63, 3.8) is 0 Å². The number of rotatable bonds is 4. The molecule has 0 unspecified atom stereocenters. The first-order valence-corrected chi connectivity index (χ1v) is 10.4. The van der Waals surface area contributed by atoms with Crippen LogP contribution in [-0.2, 0) is 6.18 Å². The molecule has 10 heteroatoms. The fourth-order valence-electron chi connectivity index (χ4n) is 4.08.